The van der Waals surface area contributed by atoms with E-state index in [0.29, 0.717) is 12.6 Å². The van der Waals surface area contributed by atoms with E-state index in [1.54, 1.807) is 6.20 Å². The molecule has 0 radical (unpaired) electrons. The fraction of sp³-hybridized carbons (Fsp3) is 0.500. The van der Waals surface area contributed by atoms with Gasteiger partial charge in [0, 0.05) is 37.0 Å². The molecule has 0 spiro atoms. The number of nitrogens with one attached hydrogen (secondary N) is 1. The standard InChI is InChI=1S/C16H21N5O2S/c1-24(22,23)8-7-20-6-2-3-12(10-20)21-11-19-14-9-18-16-13(15(14)21)4-5-17-16/h4-5,9,11-12H,2-3,6-8,10H2,1H3,(H,17,18). The van der Waals surface area contributed by atoms with Crippen LogP contribution in [0.2, 0.25) is 0 Å². The molecule has 4 heterocycles. The summed E-state index contributed by atoms with van der Waals surface area (Å²) in [4.78, 5) is 14.3. The number of hydrogen-bond acceptors (Lipinski definition) is 5. The Morgan fingerprint density at radius 1 is 1.38 bits per heavy atom. The quantitative estimate of drug-likeness (QED) is 0.775. The first-order valence-corrected chi connectivity index (χ1v) is 10.3. The van der Waals surface area contributed by atoms with E-state index in [4.69, 9.17) is 0 Å². The summed E-state index contributed by atoms with van der Waals surface area (Å²) in [6.45, 7) is 2.41. The number of piperidine rings is 1. The molecule has 1 unspecified atom stereocenters. The van der Waals surface area contributed by atoms with Crippen molar-refractivity contribution in [1.29, 1.82) is 0 Å². The molecular weight excluding hydrogens is 326 g/mol. The van der Waals surface area contributed by atoms with E-state index < -0.39 is 9.84 Å². The zero-order chi connectivity index (χ0) is 16.7. The largest absolute Gasteiger partial charge is 0.346 e. The zero-order valence-corrected chi connectivity index (χ0v) is 14.5. The Kier molecular flexibility index (Phi) is 3.80. The molecule has 1 aliphatic rings. The third-order valence-corrected chi connectivity index (χ3v) is 5.69. The van der Waals surface area contributed by atoms with Crippen LogP contribution in [0.3, 0.4) is 0 Å². The van der Waals surface area contributed by atoms with E-state index in [-0.39, 0.29) is 5.75 Å². The molecule has 1 N–H and O–H groups in total. The molecule has 8 heteroatoms. The Morgan fingerprint density at radius 3 is 3.08 bits per heavy atom. The number of H-pyrrole nitrogens is 1. The van der Waals surface area contributed by atoms with Crippen LogP contribution in [0.4, 0.5) is 0 Å². The van der Waals surface area contributed by atoms with E-state index in [1.165, 1.54) is 6.26 Å². The molecule has 0 aliphatic carbocycles. The van der Waals surface area contributed by atoms with Gasteiger partial charge in [-0.1, -0.05) is 0 Å². The van der Waals surface area contributed by atoms with E-state index >= 15 is 0 Å². The molecule has 0 aromatic carbocycles. The first-order chi connectivity index (χ1) is 11.5. The highest BCUT2D eigenvalue weighted by molar-refractivity contribution is 7.90. The number of nitrogens with zero attached hydrogens (tertiary/aromatic N) is 4. The number of hydrogen-bond donors (Lipinski definition) is 1. The molecule has 128 valence electrons. The number of imidazole rings is 1. The predicted molar refractivity (Wildman–Crippen MR) is 93.8 cm³/mol. The zero-order valence-electron chi connectivity index (χ0n) is 13.6. The van der Waals surface area contributed by atoms with E-state index in [0.717, 1.165) is 48.0 Å². The highest BCUT2D eigenvalue weighted by Gasteiger charge is 2.24. The smallest absolute Gasteiger partial charge is 0.148 e. The maximum atomic E-state index is 11.4. The molecule has 0 amide bonds. The monoisotopic (exact) mass is 347 g/mol. The lowest BCUT2D eigenvalue weighted by molar-refractivity contribution is 0.188. The molecule has 3 aromatic heterocycles. The van der Waals surface area contributed by atoms with Crippen molar-refractivity contribution >= 4 is 31.9 Å². The van der Waals surface area contributed by atoms with Gasteiger partial charge in [0.25, 0.3) is 0 Å². The Hall–Kier alpha value is -1.93. The molecule has 1 aliphatic heterocycles. The predicted octanol–water partition coefficient (Wildman–Crippen LogP) is 1.59. The Balaban J connectivity index is 1.63. The average molecular weight is 347 g/mol. The van der Waals surface area contributed by atoms with Crippen LogP contribution < -0.4 is 0 Å². The summed E-state index contributed by atoms with van der Waals surface area (Å²) in [5.74, 6) is 0.219. The van der Waals surface area contributed by atoms with Gasteiger partial charge in [0.1, 0.15) is 21.0 Å². The van der Waals surface area contributed by atoms with Crippen LogP contribution in [-0.4, -0.2) is 64.5 Å². The topological polar surface area (TPSA) is 83.9 Å². The van der Waals surface area contributed by atoms with Crippen LogP contribution in [0.25, 0.3) is 22.1 Å². The summed E-state index contributed by atoms with van der Waals surface area (Å²) in [5, 5.41) is 1.08. The minimum Gasteiger partial charge on any atom is -0.346 e. The minimum absolute atomic E-state index is 0.219. The molecule has 1 atom stereocenters. The molecule has 1 saturated heterocycles. The molecule has 4 rings (SSSR count). The number of fused-ring (bicyclic) bond motifs is 3. The second kappa shape index (κ2) is 5.86. The highest BCUT2D eigenvalue weighted by Crippen LogP contribution is 2.29. The Morgan fingerprint density at radius 2 is 2.25 bits per heavy atom. The molecule has 0 saturated carbocycles. The molecule has 1 fully saturated rings. The van der Waals surface area contributed by atoms with Gasteiger partial charge in [-0.05, 0) is 25.5 Å². The van der Waals surface area contributed by atoms with Crippen LogP contribution in [-0.2, 0) is 9.84 Å². The number of aromatic amines is 1. The van der Waals surface area contributed by atoms with Gasteiger partial charge < -0.3 is 14.5 Å². The maximum absolute atomic E-state index is 11.4. The molecular formula is C16H21N5O2S. The van der Waals surface area contributed by atoms with Crippen molar-refractivity contribution in [3.63, 3.8) is 0 Å². The summed E-state index contributed by atoms with van der Waals surface area (Å²) >= 11 is 0. The molecule has 7 nitrogen and oxygen atoms in total. The van der Waals surface area contributed by atoms with Crippen molar-refractivity contribution in [2.75, 3.05) is 31.6 Å². The van der Waals surface area contributed by atoms with Crippen molar-refractivity contribution in [3.8, 4) is 0 Å². The van der Waals surface area contributed by atoms with Crippen molar-refractivity contribution < 1.29 is 8.42 Å². The Labute approximate surface area is 140 Å². The first-order valence-electron chi connectivity index (χ1n) is 8.20. The van der Waals surface area contributed by atoms with Gasteiger partial charge in [0.15, 0.2) is 0 Å². The third-order valence-electron chi connectivity index (χ3n) is 4.77. The number of rotatable bonds is 4. The first kappa shape index (κ1) is 15.6. The fourth-order valence-corrected chi connectivity index (χ4v) is 4.15. The van der Waals surface area contributed by atoms with Crippen molar-refractivity contribution in [2.24, 2.45) is 0 Å². The summed E-state index contributed by atoms with van der Waals surface area (Å²) in [6.07, 6.45) is 9.03. The summed E-state index contributed by atoms with van der Waals surface area (Å²) in [6, 6.07) is 2.34. The van der Waals surface area contributed by atoms with Gasteiger partial charge in [-0.3, -0.25) is 0 Å². The van der Waals surface area contributed by atoms with Crippen LogP contribution in [0.15, 0.2) is 24.8 Å². The van der Waals surface area contributed by atoms with Crippen LogP contribution in [0.1, 0.15) is 18.9 Å². The van der Waals surface area contributed by atoms with Gasteiger partial charge in [0.2, 0.25) is 0 Å². The van der Waals surface area contributed by atoms with E-state index in [1.807, 2.05) is 18.6 Å². The second-order valence-corrected chi connectivity index (χ2v) is 8.87. The lowest BCUT2D eigenvalue weighted by Crippen LogP contribution is -2.39. The number of sulfone groups is 1. The Bertz CT molecular complexity index is 975. The molecule has 3 aromatic rings. The molecule has 0 bridgehead atoms. The number of pyridine rings is 1. The average Bonchev–Trinajstić information content (AvgIpc) is 3.18. The van der Waals surface area contributed by atoms with Gasteiger partial charge in [-0.15, -0.1) is 0 Å². The highest BCUT2D eigenvalue weighted by atomic mass is 32.2. The van der Waals surface area contributed by atoms with E-state index in [2.05, 4.69) is 24.4 Å². The fourth-order valence-electron chi connectivity index (χ4n) is 3.56. The number of aromatic nitrogens is 4. The van der Waals surface area contributed by atoms with Crippen LogP contribution >= 0.6 is 0 Å². The van der Waals surface area contributed by atoms with Crippen molar-refractivity contribution in [1.82, 2.24) is 24.4 Å². The summed E-state index contributed by atoms with van der Waals surface area (Å²) < 4.78 is 25.1. The number of likely N-dealkylation sites (tertiary alicyclic amines) is 1. The van der Waals surface area contributed by atoms with Crippen LogP contribution in [0.5, 0.6) is 0 Å². The summed E-state index contributed by atoms with van der Waals surface area (Å²) in [7, 11) is -2.92. The van der Waals surface area contributed by atoms with Crippen molar-refractivity contribution in [2.45, 2.75) is 18.9 Å². The lowest BCUT2D eigenvalue weighted by atomic mass is 10.1. The van der Waals surface area contributed by atoms with E-state index in [9.17, 15) is 8.42 Å². The third kappa shape index (κ3) is 2.91. The van der Waals surface area contributed by atoms with Crippen molar-refractivity contribution in [3.05, 3.63) is 24.8 Å². The van der Waals surface area contributed by atoms with Gasteiger partial charge in [0.05, 0.1) is 23.8 Å². The lowest BCUT2D eigenvalue weighted by Gasteiger charge is -2.33. The van der Waals surface area contributed by atoms with Crippen LogP contribution in [0, 0.1) is 0 Å². The maximum Gasteiger partial charge on any atom is 0.148 e. The van der Waals surface area contributed by atoms with Gasteiger partial charge in [-0.25, -0.2) is 18.4 Å². The normalized spacial score (nSPS) is 20.1. The SMILES string of the molecule is CS(=O)(=O)CCN1CCCC(n2cnc3cnc4[nH]ccc4c32)C1. The minimum atomic E-state index is -2.92. The van der Waals surface area contributed by atoms with Gasteiger partial charge >= 0.3 is 0 Å². The van der Waals surface area contributed by atoms with Gasteiger partial charge in [-0.2, -0.15) is 0 Å². The second-order valence-electron chi connectivity index (χ2n) is 6.61. The molecule has 24 heavy (non-hydrogen) atoms. The summed E-state index contributed by atoms with van der Waals surface area (Å²) in [5.41, 5.74) is 2.88.